The molecule has 4 nitrogen and oxygen atoms in total. The van der Waals surface area contributed by atoms with Gasteiger partial charge in [-0.25, -0.2) is 9.97 Å². The lowest BCUT2D eigenvalue weighted by Crippen LogP contribution is -2.12. The van der Waals surface area contributed by atoms with Crippen LogP contribution in [0.5, 0.6) is 5.75 Å². The average molecular weight is 279 g/mol. The highest BCUT2D eigenvalue weighted by Crippen LogP contribution is 2.18. The summed E-state index contributed by atoms with van der Waals surface area (Å²) in [6, 6.07) is 16.0. The Morgan fingerprint density at radius 2 is 1.81 bits per heavy atom. The first kappa shape index (κ1) is 13.4. The van der Waals surface area contributed by atoms with Gasteiger partial charge in [0.15, 0.2) is 0 Å². The molecule has 3 rings (SSSR count). The van der Waals surface area contributed by atoms with E-state index < -0.39 is 0 Å². The Hall–Kier alpha value is -2.62. The Kier molecular flexibility index (Phi) is 3.96. The van der Waals surface area contributed by atoms with Crippen LogP contribution < -0.4 is 10.1 Å². The average Bonchev–Trinajstić information content (AvgIpc) is 2.53. The third-order valence-corrected chi connectivity index (χ3v) is 3.23. The second-order valence-electron chi connectivity index (χ2n) is 4.83. The van der Waals surface area contributed by atoms with Crippen LogP contribution in [0.15, 0.2) is 54.9 Å². The van der Waals surface area contributed by atoms with Crippen molar-refractivity contribution in [2.45, 2.75) is 6.92 Å². The molecule has 0 aliphatic carbocycles. The minimum Gasteiger partial charge on any atom is -0.492 e. The Labute approximate surface area is 123 Å². The number of nitrogens with one attached hydrogen (secondary N) is 1. The number of hydrogen-bond donors (Lipinski definition) is 1. The number of aryl methyl sites for hydroxylation is 1. The topological polar surface area (TPSA) is 47.0 Å². The van der Waals surface area contributed by atoms with Gasteiger partial charge in [-0.15, -0.1) is 0 Å². The van der Waals surface area contributed by atoms with Crippen LogP contribution in [0.25, 0.3) is 10.9 Å². The molecule has 0 saturated carbocycles. The van der Waals surface area contributed by atoms with Gasteiger partial charge in [-0.2, -0.15) is 0 Å². The van der Waals surface area contributed by atoms with Crippen LogP contribution in [-0.4, -0.2) is 23.1 Å². The summed E-state index contributed by atoms with van der Waals surface area (Å²) < 4.78 is 5.69. The maximum Gasteiger partial charge on any atom is 0.137 e. The van der Waals surface area contributed by atoms with Crippen LogP contribution >= 0.6 is 0 Å². The number of ether oxygens (including phenoxy) is 1. The zero-order valence-electron chi connectivity index (χ0n) is 11.9. The van der Waals surface area contributed by atoms with Crippen molar-refractivity contribution in [3.63, 3.8) is 0 Å². The van der Waals surface area contributed by atoms with Crippen molar-refractivity contribution in [2.75, 3.05) is 18.5 Å². The van der Waals surface area contributed by atoms with E-state index in [1.807, 2.05) is 48.5 Å². The monoisotopic (exact) mass is 279 g/mol. The van der Waals surface area contributed by atoms with Gasteiger partial charge in [-0.05, 0) is 31.2 Å². The van der Waals surface area contributed by atoms with Crippen LogP contribution in [0, 0.1) is 6.92 Å². The Morgan fingerprint density at radius 1 is 1.00 bits per heavy atom. The van der Waals surface area contributed by atoms with Crippen molar-refractivity contribution in [2.24, 2.45) is 0 Å². The van der Waals surface area contributed by atoms with Crippen molar-refractivity contribution >= 4 is 16.7 Å². The van der Waals surface area contributed by atoms with Crippen molar-refractivity contribution in [1.29, 1.82) is 0 Å². The second-order valence-corrected chi connectivity index (χ2v) is 4.83. The van der Waals surface area contributed by atoms with E-state index >= 15 is 0 Å². The summed E-state index contributed by atoms with van der Waals surface area (Å²) in [4.78, 5) is 8.53. The van der Waals surface area contributed by atoms with Crippen molar-refractivity contribution in [1.82, 2.24) is 9.97 Å². The summed E-state index contributed by atoms with van der Waals surface area (Å²) in [5.74, 6) is 1.73. The number of anilines is 1. The van der Waals surface area contributed by atoms with E-state index in [-0.39, 0.29) is 0 Å². The van der Waals surface area contributed by atoms with Gasteiger partial charge in [-0.3, -0.25) is 0 Å². The zero-order valence-corrected chi connectivity index (χ0v) is 11.9. The molecular formula is C17H17N3O. The summed E-state index contributed by atoms with van der Waals surface area (Å²) in [5.41, 5.74) is 2.17. The molecule has 1 aromatic heterocycles. The summed E-state index contributed by atoms with van der Waals surface area (Å²) in [6.07, 6.45) is 1.57. The molecule has 0 amide bonds. The second kappa shape index (κ2) is 6.22. The van der Waals surface area contributed by atoms with Crippen LogP contribution in [0.3, 0.4) is 0 Å². The third-order valence-electron chi connectivity index (χ3n) is 3.23. The fourth-order valence-corrected chi connectivity index (χ4v) is 2.12. The largest absolute Gasteiger partial charge is 0.492 e. The lowest BCUT2D eigenvalue weighted by molar-refractivity contribution is 0.332. The molecule has 1 heterocycles. The molecule has 3 aromatic rings. The van der Waals surface area contributed by atoms with Crippen molar-refractivity contribution < 1.29 is 4.74 Å². The Balaban J connectivity index is 1.58. The Morgan fingerprint density at radius 3 is 2.67 bits per heavy atom. The van der Waals surface area contributed by atoms with E-state index in [0.717, 1.165) is 22.5 Å². The third kappa shape index (κ3) is 3.28. The standard InChI is InChI=1S/C17H17N3O/c1-13-6-8-14(9-7-13)21-11-10-18-17-15-4-2-3-5-16(15)19-12-20-17/h2-9,12H,10-11H2,1H3,(H,18,19,20). The first-order valence-corrected chi connectivity index (χ1v) is 6.96. The normalized spacial score (nSPS) is 10.5. The zero-order chi connectivity index (χ0) is 14.5. The molecule has 1 N–H and O–H groups in total. The first-order valence-electron chi connectivity index (χ1n) is 6.96. The van der Waals surface area contributed by atoms with Crippen LogP contribution in [0.1, 0.15) is 5.56 Å². The Bertz CT molecular complexity index is 720. The SMILES string of the molecule is Cc1ccc(OCCNc2ncnc3ccccc23)cc1. The molecule has 0 saturated heterocycles. The van der Waals surface area contributed by atoms with Crippen molar-refractivity contribution in [3.8, 4) is 5.75 Å². The highest BCUT2D eigenvalue weighted by Gasteiger charge is 2.01. The van der Waals surface area contributed by atoms with Gasteiger partial charge < -0.3 is 10.1 Å². The molecule has 0 spiro atoms. The number of hydrogen-bond acceptors (Lipinski definition) is 4. The summed E-state index contributed by atoms with van der Waals surface area (Å²) in [5, 5.41) is 4.32. The molecular weight excluding hydrogens is 262 g/mol. The number of rotatable bonds is 5. The van der Waals surface area contributed by atoms with E-state index in [4.69, 9.17) is 4.74 Å². The fraction of sp³-hybridized carbons (Fsp3) is 0.176. The fourth-order valence-electron chi connectivity index (χ4n) is 2.12. The van der Waals surface area contributed by atoms with Gasteiger partial charge in [0.05, 0.1) is 12.1 Å². The van der Waals surface area contributed by atoms with Crippen LogP contribution in [-0.2, 0) is 0 Å². The molecule has 0 fully saturated rings. The van der Waals surface area contributed by atoms with E-state index in [9.17, 15) is 0 Å². The minimum atomic E-state index is 0.585. The molecule has 4 heteroatoms. The summed E-state index contributed by atoms with van der Waals surface area (Å²) in [6.45, 7) is 3.34. The highest BCUT2D eigenvalue weighted by molar-refractivity contribution is 5.88. The first-order chi connectivity index (χ1) is 10.3. The van der Waals surface area contributed by atoms with Gasteiger partial charge in [-0.1, -0.05) is 29.8 Å². The summed E-state index contributed by atoms with van der Waals surface area (Å²) >= 11 is 0. The van der Waals surface area contributed by atoms with E-state index in [1.54, 1.807) is 6.33 Å². The molecule has 0 aliphatic heterocycles. The number of aromatic nitrogens is 2. The predicted octanol–water partition coefficient (Wildman–Crippen LogP) is 3.43. The van der Waals surface area contributed by atoms with Crippen LogP contribution in [0.4, 0.5) is 5.82 Å². The number of para-hydroxylation sites is 1. The quantitative estimate of drug-likeness (QED) is 0.727. The molecule has 0 aliphatic rings. The molecule has 106 valence electrons. The predicted molar refractivity (Wildman–Crippen MR) is 84.7 cm³/mol. The number of nitrogens with zero attached hydrogens (tertiary/aromatic N) is 2. The lowest BCUT2D eigenvalue weighted by Gasteiger charge is -2.09. The maximum absolute atomic E-state index is 5.69. The highest BCUT2D eigenvalue weighted by atomic mass is 16.5. The van der Waals surface area contributed by atoms with Gasteiger partial charge in [0.2, 0.25) is 0 Å². The van der Waals surface area contributed by atoms with Crippen LogP contribution in [0.2, 0.25) is 0 Å². The van der Waals surface area contributed by atoms with E-state index in [0.29, 0.717) is 13.2 Å². The van der Waals surface area contributed by atoms with Crippen molar-refractivity contribution in [3.05, 3.63) is 60.4 Å². The number of benzene rings is 2. The molecule has 2 aromatic carbocycles. The van der Waals surface area contributed by atoms with E-state index in [2.05, 4.69) is 22.2 Å². The summed E-state index contributed by atoms with van der Waals surface area (Å²) in [7, 11) is 0. The molecule has 0 unspecified atom stereocenters. The van der Waals surface area contributed by atoms with Gasteiger partial charge in [0.1, 0.15) is 24.5 Å². The molecule has 21 heavy (non-hydrogen) atoms. The molecule has 0 radical (unpaired) electrons. The minimum absolute atomic E-state index is 0.585. The number of fused-ring (bicyclic) bond motifs is 1. The van der Waals surface area contributed by atoms with E-state index in [1.165, 1.54) is 5.56 Å². The molecule has 0 atom stereocenters. The maximum atomic E-state index is 5.69. The smallest absolute Gasteiger partial charge is 0.137 e. The molecule has 0 bridgehead atoms. The van der Waals surface area contributed by atoms with Gasteiger partial charge >= 0.3 is 0 Å². The lowest BCUT2D eigenvalue weighted by atomic mass is 10.2. The van der Waals surface area contributed by atoms with Gasteiger partial charge in [0, 0.05) is 5.39 Å². The van der Waals surface area contributed by atoms with Gasteiger partial charge in [0.25, 0.3) is 0 Å².